The van der Waals surface area contributed by atoms with Crippen molar-refractivity contribution < 1.29 is 13.3 Å². The van der Waals surface area contributed by atoms with Crippen molar-refractivity contribution in [1.29, 1.82) is 0 Å². The third kappa shape index (κ3) is 3.16. The van der Waals surface area contributed by atoms with Crippen molar-refractivity contribution in [1.82, 2.24) is 19.7 Å². The Kier molecular flexibility index (Phi) is 3.81. The van der Waals surface area contributed by atoms with Gasteiger partial charge in [-0.2, -0.15) is 4.98 Å². The van der Waals surface area contributed by atoms with Gasteiger partial charge in [-0.25, -0.2) is 8.78 Å². The molecule has 0 atom stereocenters. The molecule has 0 saturated heterocycles. The first kappa shape index (κ1) is 15.2. The molecule has 0 aliphatic heterocycles. The molecule has 0 bridgehead atoms. The third-order valence-corrected chi connectivity index (χ3v) is 3.67. The molecule has 0 spiro atoms. The molecule has 3 heterocycles. The van der Waals surface area contributed by atoms with Crippen LogP contribution in [0.1, 0.15) is 5.56 Å². The summed E-state index contributed by atoms with van der Waals surface area (Å²) in [5, 5.41) is 3.96. The zero-order valence-corrected chi connectivity index (χ0v) is 12.9. The highest BCUT2D eigenvalue weighted by Gasteiger charge is 2.14. The molecule has 0 aliphatic rings. The lowest BCUT2D eigenvalue weighted by molar-refractivity contribution is 0.429. The van der Waals surface area contributed by atoms with Gasteiger partial charge < -0.3 is 9.09 Å². The number of pyridine rings is 1. The molecule has 0 saturated carbocycles. The Labute approximate surface area is 141 Å². The standard InChI is InChI=1S/C18H12F2N4O/c19-14-7-12(8-15(20)9-14)11-24-6-2-4-16(24)18-22-17(23-25-18)13-3-1-5-21-10-13/h1-10H,11H2. The highest BCUT2D eigenvalue weighted by atomic mass is 19.1. The van der Waals surface area contributed by atoms with Crippen LogP contribution in [0.5, 0.6) is 0 Å². The van der Waals surface area contributed by atoms with Gasteiger partial charge in [0, 0.05) is 36.8 Å². The monoisotopic (exact) mass is 338 g/mol. The lowest BCUT2D eigenvalue weighted by atomic mass is 10.2. The van der Waals surface area contributed by atoms with E-state index < -0.39 is 11.6 Å². The van der Waals surface area contributed by atoms with E-state index in [2.05, 4.69) is 15.1 Å². The molecular weight excluding hydrogens is 326 g/mol. The van der Waals surface area contributed by atoms with Crippen LogP contribution in [0, 0.1) is 11.6 Å². The summed E-state index contributed by atoms with van der Waals surface area (Å²) in [4.78, 5) is 8.40. The molecule has 25 heavy (non-hydrogen) atoms. The van der Waals surface area contributed by atoms with Gasteiger partial charge in [0.15, 0.2) is 0 Å². The Morgan fingerprint density at radius 3 is 2.64 bits per heavy atom. The van der Waals surface area contributed by atoms with Crippen LogP contribution < -0.4 is 0 Å². The van der Waals surface area contributed by atoms with Crippen molar-refractivity contribution >= 4 is 0 Å². The molecule has 4 rings (SSSR count). The Morgan fingerprint density at radius 1 is 1.04 bits per heavy atom. The highest BCUT2D eigenvalue weighted by molar-refractivity contribution is 5.57. The van der Waals surface area contributed by atoms with Gasteiger partial charge in [0.05, 0.1) is 0 Å². The fourth-order valence-corrected chi connectivity index (χ4v) is 2.58. The van der Waals surface area contributed by atoms with Crippen LogP contribution >= 0.6 is 0 Å². The maximum absolute atomic E-state index is 13.4. The van der Waals surface area contributed by atoms with Crippen LogP contribution in [0.2, 0.25) is 0 Å². The fourth-order valence-electron chi connectivity index (χ4n) is 2.58. The summed E-state index contributed by atoms with van der Waals surface area (Å²) in [6.45, 7) is 0.279. The van der Waals surface area contributed by atoms with E-state index in [0.29, 0.717) is 23.0 Å². The normalized spacial score (nSPS) is 11.0. The van der Waals surface area contributed by atoms with Gasteiger partial charge in [0.25, 0.3) is 5.89 Å². The topological polar surface area (TPSA) is 56.7 Å². The van der Waals surface area contributed by atoms with Crippen molar-refractivity contribution in [3.05, 3.63) is 78.3 Å². The summed E-state index contributed by atoms with van der Waals surface area (Å²) in [6, 6.07) is 10.7. The van der Waals surface area contributed by atoms with E-state index in [1.54, 1.807) is 41.4 Å². The molecular formula is C18H12F2N4O. The van der Waals surface area contributed by atoms with Crippen LogP contribution in [0.4, 0.5) is 8.78 Å². The van der Waals surface area contributed by atoms with Crippen LogP contribution in [0.25, 0.3) is 23.0 Å². The van der Waals surface area contributed by atoms with Gasteiger partial charge in [0.1, 0.15) is 17.3 Å². The molecule has 3 aromatic heterocycles. The summed E-state index contributed by atoms with van der Waals surface area (Å²) in [6.07, 6.45) is 5.09. The summed E-state index contributed by atoms with van der Waals surface area (Å²) in [5.74, 6) is -0.478. The van der Waals surface area contributed by atoms with Crippen molar-refractivity contribution in [2.45, 2.75) is 6.54 Å². The van der Waals surface area contributed by atoms with E-state index in [1.165, 1.54) is 12.1 Å². The van der Waals surface area contributed by atoms with E-state index in [0.717, 1.165) is 11.6 Å². The van der Waals surface area contributed by atoms with Gasteiger partial charge >= 0.3 is 0 Å². The second-order valence-corrected chi connectivity index (χ2v) is 5.46. The Hall–Kier alpha value is -3.35. The second kappa shape index (κ2) is 6.27. The summed E-state index contributed by atoms with van der Waals surface area (Å²) in [5.41, 5.74) is 1.90. The van der Waals surface area contributed by atoms with Crippen LogP contribution in [0.15, 0.2) is 65.6 Å². The second-order valence-electron chi connectivity index (χ2n) is 5.46. The smallest absolute Gasteiger partial charge is 0.274 e. The predicted molar refractivity (Wildman–Crippen MR) is 86.4 cm³/mol. The minimum Gasteiger partial charge on any atom is -0.339 e. The Balaban J connectivity index is 1.65. The first-order valence-corrected chi connectivity index (χ1v) is 7.53. The number of aromatic nitrogens is 4. The lowest BCUT2D eigenvalue weighted by Crippen LogP contribution is -2.01. The van der Waals surface area contributed by atoms with Crippen molar-refractivity contribution in [3.8, 4) is 23.0 Å². The number of benzene rings is 1. The summed E-state index contributed by atoms with van der Waals surface area (Å²) >= 11 is 0. The zero-order valence-electron chi connectivity index (χ0n) is 12.9. The van der Waals surface area contributed by atoms with Gasteiger partial charge in [0.2, 0.25) is 5.82 Å². The van der Waals surface area contributed by atoms with Crippen molar-refractivity contribution in [2.75, 3.05) is 0 Å². The first-order chi connectivity index (χ1) is 12.2. The van der Waals surface area contributed by atoms with E-state index in [-0.39, 0.29) is 6.54 Å². The van der Waals surface area contributed by atoms with E-state index >= 15 is 0 Å². The minimum absolute atomic E-state index is 0.279. The third-order valence-electron chi connectivity index (χ3n) is 3.67. The Bertz CT molecular complexity index is 991. The van der Waals surface area contributed by atoms with Gasteiger partial charge in [-0.05, 0) is 42.0 Å². The summed E-state index contributed by atoms with van der Waals surface area (Å²) in [7, 11) is 0. The van der Waals surface area contributed by atoms with E-state index in [9.17, 15) is 8.78 Å². The molecule has 0 radical (unpaired) electrons. The number of nitrogens with zero attached hydrogens (tertiary/aromatic N) is 4. The average Bonchev–Trinajstić information content (AvgIpc) is 3.23. The lowest BCUT2D eigenvalue weighted by Gasteiger charge is -2.07. The first-order valence-electron chi connectivity index (χ1n) is 7.53. The fraction of sp³-hybridized carbons (Fsp3) is 0.0556. The minimum atomic E-state index is -0.611. The average molecular weight is 338 g/mol. The summed E-state index contributed by atoms with van der Waals surface area (Å²) < 4.78 is 33.9. The van der Waals surface area contributed by atoms with Crippen LogP contribution in [-0.2, 0) is 6.54 Å². The molecule has 5 nitrogen and oxygen atoms in total. The molecule has 0 aliphatic carbocycles. The molecule has 0 amide bonds. The quantitative estimate of drug-likeness (QED) is 0.566. The molecule has 0 unspecified atom stereocenters. The highest BCUT2D eigenvalue weighted by Crippen LogP contribution is 2.23. The van der Waals surface area contributed by atoms with E-state index in [1.807, 2.05) is 6.07 Å². The number of hydrogen-bond acceptors (Lipinski definition) is 4. The molecule has 124 valence electrons. The van der Waals surface area contributed by atoms with Crippen LogP contribution in [-0.4, -0.2) is 19.7 Å². The van der Waals surface area contributed by atoms with Crippen molar-refractivity contribution in [3.63, 3.8) is 0 Å². The zero-order chi connectivity index (χ0) is 17.2. The maximum Gasteiger partial charge on any atom is 0.274 e. The van der Waals surface area contributed by atoms with Gasteiger partial charge in [-0.3, -0.25) is 4.98 Å². The maximum atomic E-state index is 13.4. The molecule has 0 fully saturated rings. The van der Waals surface area contributed by atoms with Gasteiger partial charge in [-0.1, -0.05) is 5.16 Å². The number of rotatable bonds is 4. The van der Waals surface area contributed by atoms with Crippen molar-refractivity contribution in [2.24, 2.45) is 0 Å². The molecule has 0 N–H and O–H groups in total. The predicted octanol–water partition coefficient (Wildman–Crippen LogP) is 3.93. The number of hydrogen-bond donors (Lipinski definition) is 0. The van der Waals surface area contributed by atoms with Gasteiger partial charge in [-0.15, -0.1) is 0 Å². The Morgan fingerprint density at radius 2 is 1.88 bits per heavy atom. The number of halogens is 2. The largest absolute Gasteiger partial charge is 0.339 e. The van der Waals surface area contributed by atoms with E-state index in [4.69, 9.17) is 4.52 Å². The SMILES string of the molecule is Fc1cc(F)cc(Cn2cccc2-c2nc(-c3cccnc3)no2)c1. The molecule has 4 aromatic rings. The van der Waals surface area contributed by atoms with Crippen LogP contribution in [0.3, 0.4) is 0 Å². The molecule has 7 heteroatoms. The molecule has 1 aromatic carbocycles.